The average Bonchev–Trinajstić information content (AvgIpc) is 2.16. The second kappa shape index (κ2) is 5.60. The number of amides is 1. The average molecular weight is 249 g/mol. The van der Waals surface area contributed by atoms with Crippen LogP contribution in [0.1, 0.15) is 19.8 Å². The molecule has 16 heavy (non-hydrogen) atoms. The highest BCUT2D eigenvalue weighted by atomic mass is 32.2. The summed E-state index contributed by atoms with van der Waals surface area (Å²) in [6, 6.07) is 0.452. The maximum absolute atomic E-state index is 11.6. The lowest BCUT2D eigenvalue weighted by atomic mass is 9.95. The zero-order valence-corrected chi connectivity index (χ0v) is 10.2. The summed E-state index contributed by atoms with van der Waals surface area (Å²) >= 11 is 0. The molecule has 7 heteroatoms. The summed E-state index contributed by atoms with van der Waals surface area (Å²) in [5, 5.41) is 10.6. The van der Waals surface area contributed by atoms with E-state index >= 15 is 0 Å². The van der Waals surface area contributed by atoms with E-state index in [1.165, 1.54) is 0 Å². The Balaban J connectivity index is 2.25. The van der Waals surface area contributed by atoms with Gasteiger partial charge < -0.3 is 10.6 Å². The lowest BCUT2D eigenvalue weighted by molar-refractivity contribution is -0.125. The van der Waals surface area contributed by atoms with Crippen molar-refractivity contribution in [3.63, 3.8) is 0 Å². The van der Waals surface area contributed by atoms with Gasteiger partial charge in [0.1, 0.15) is 0 Å². The van der Waals surface area contributed by atoms with Gasteiger partial charge in [0.25, 0.3) is 0 Å². The molecule has 6 nitrogen and oxygen atoms in total. The highest BCUT2D eigenvalue weighted by molar-refractivity contribution is 7.89. The van der Waals surface area contributed by atoms with Gasteiger partial charge in [-0.25, -0.2) is 13.6 Å². The van der Waals surface area contributed by atoms with Crippen molar-refractivity contribution in [3.05, 3.63) is 0 Å². The molecule has 1 heterocycles. The Hall–Kier alpha value is -0.660. The Morgan fingerprint density at radius 3 is 2.69 bits per heavy atom. The molecule has 1 aliphatic rings. The predicted octanol–water partition coefficient (Wildman–Crippen LogP) is -1.22. The summed E-state index contributed by atoms with van der Waals surface area (Å²) in [6.45, 7) is 2.82. The number of carbonyl (C=O) groups excluding carboxylic acids is 1. The molecule has 2 unspecified atom stereocenters. The zero-order valence-electron chi connectivity index (χ0n) is 9.40. The van der Waals surface area contributed by atoms with E-state index in [0.717, 1.165) is 12.8 Å². The van der Waals surface area contributed by atoms with Gasteiger partial charge in [0.2, 0.25) is 15.9 Å². The molecular weight excluding hydrogens is 230 g/mol. The molecule has 0 saturated carbocycles. The molecule has 0 aromatic carbocycles. The number of sulfonamides is 1. The van der Waals surface area contributed by atoms with E-state index in [2.05, 4.69) is 17.6 Å². The van der Waals surface area contributed by atoms with Crippen molar-refractivity contribution in [2.75, 3.05) is 18.8 Å². The van der Waals surface area contributed by atoms with Crippen LogP contribution in [-0.2, 0) is 14.8 Å². The van der Waals surface area contributed by atoms with Crippen LogP contribution in [0.15, 0.2) is 0 Å². The van der Waals surface area contributed by atoms with Gasteiger partial charge >= 0.3 is 0 Å². The van der Waals surface area contributed by atoms with Crippen molar-refractivity contribution in [3.8, 4) is 0 Å². The largest absolute Gasteiger partial charge is 0.355 e. The third-order valence-corrected chi connectivity index (χ3v) is 3.49. The highest BCUT2D eigenvalue weighted by Gasteiger charge is 2.23. The smallest absolute Gasteiger partial charge is 0.224 e. The van der Waals surface area contributed by atoms with E-state index in [1.54, 1.807) is 0 Å². The Kier molecular flexibility index (Phi) is 4.69. The standard InChI is InChI=1S/C9H19N3O3S/c1-7-2-3-8(6-12-7)9(13)11-4-5-16(10,14)15/h7-8,12H,2-6H2,1H3,(H,11,13)(H2,10,14,15). The number of hydrogen-bond acceptors (Lipinski definition) is 4. The molecule has 1 rings (SSSR count). The number of rotatable bonds is 4. The molecular formula is C9H19N3O3S. The minimum absolute atomic E-state index is 0.0586. The van der Waals surface area contributed by atoms with Gasteiger partial charge in [-0.1, -0.05) is 0 Å². The first-order chi connectivity index (χ1) is 7.38. The lowest BCUT2D eigenvalue weighted by Gasteiger charge is -2.26. The van der Waals surface area contributed by atoms with E-state index in [0.29, 0.717) is 12.6 Å². The van der Waals surface area contributed by atoms with Gasteiger partial charge in [0.05, 0.1) is 11.7 Å². The van der Waals surface area contributed by atoms with Gasteiger partial charge in [-0.2, -0.15) is 0 Å². The zero-order chi connectivity index (χ0) is 12.2. The molecule has 0 bridgehead atoms. The topological polar surface area (TPSA) is 101 Å². The van der Waals surface area contributed by atoms with Crippen molar-refractivity contribution in [1.29, 1.82) is 0 Å². The van der Waals surface area contributed by atoms with E-state index in [4.69, 9.17) is 5.14 Å². The number of hydrogen-bond donors (Lipinski definition) is 3. The van der Waals surface area contributed by atoms with Crippen molar-refractivity contribution in [2.24, 2.45) is 11.1 Å². The minimum Gasteiger partial charge on any atom is -0.355 e. The van der Waals surface area contributed by atoms with Crippen molar-refractivity contribution in [2.45, 2.75) is 25.8 Å². The van der Waals surface area contributed by atoms with Crippen LogP contribution in [0.4, 0.5) is 0 Å². The highest BCUT2D eigenvalue weighted by Crippen LogP contribution is 2.13. The number of primary sulfonamides is 1. The Labute approximate surface area is 96.0 Å². The molecule has 1 fully saturated rings. The van der Waals surface area contributed by atoms with Gasteiger partial charge in [0.15, 0.2) is 0 Å². The maximum Gasteiger partial charge on any atom is 0.224 e. The van der Waals surface area contributed by atoms with Crippen LogP contribution in [0.2, 0.25) is 0 Å². The summed E-state index contributed by atoms with van der Waals surface area (Å²) in [5.41, 5.74) is 0. The van der Waals surface area contributed by atoms with Crippen LogP contribution in [-0.4, -0.2) is 39.2 Å². The van der Waals surface area contributed by atoms with Gasteiger partial charge in [-0.15, -0.1) is 0 Å². The van der Waals surface area contributed by atoms with Crippen LogP contribution in [0.25, 0.3) is 0 Å². The van der Waals surface area contributed by atoms with Gasteiger partial charge in [0, 0.05) is 19.1 Å². The Morgan fingerprint density at radius 1 is 1.50 bits per heavy atom. The molecule has 4 N–H and O–H groups in total. The quantitative estimate of drug-likeness (QED) is 0.581. The maximum atomic E-state index is 11.6. The van der Waals surface area contributed by atoms with E-state index in [-0.39, 0.29) is 24.1 Å². The fourth-order valence-corrected chi connectivity index (χ4v) is 2.07. The summed E-state index contributed by atoms with van der Waals surface area (Å²) < 4.78 is 21.3. The molecule has 0 aromatic heterocycles. The molecule has 1 amide bonds. The fourth-order valence-electron chi connectivity index (χ4n) is 1.68. The molecule has 1 aliphatic heterocycles. The van der Waals surface area contributed by atoms with E-state index in [9.17, 15) is 13.2 Å². The van der Waals surface area contributed by atoms with Gasteiger partial charge in [-0.3, -0.25) is 4.79 Å². The monoisotopic (exact) mass is 249 g/mol. The second-order valence-corrected chi connectivity index (χ2v) is 5.98. The summed E-state index contributed by atoms with van der Waals surface area (Å²) in [5.74, 6) is -0.366. The number of piperidine rings is 1. The first-order valence-corrected chi connectivity index (χ1v) is 7.11. The minimum atomic E-state index is -3.49. The molecule has 0 spiro atoms. The first kappa shape index (κ1) is 13.4. The van der Waals surface area contributed by atoms with Crippen LogP contribution >= 0.6 is 0 Å². The molecule has 94 valence electrons. The second-order valence-electron chi connectivity index (χ2n) is 4.24. The summed E-state index contributed by atoms with van der Waals surface area (Å²) in [4.78, 5) is 11.6. The molecule has 1 saturated heterocycles. The molecule has 0 radical (unpaired) electrons. The summed E-state index contributed by atoms with van der Waals surface area (Å²) in [6.07, 6.45) is 1.81. The predicted molar refractivity (Wildman–Crippen MR) is 61.2 cm³/mol. The third kappa shape index (κ3) is 4.91. The molecule has 0 aromatic rings. The molecule has 2 atom stereocenters. The number of nitrogens with two attached hydrogens (primary N) is 1. The van der Waals surface area contributed by atoms with Crippen molar-refractivity contribution >= 4 is 15.9 Å². The molecule has 0 aliphatic carbocycles. The number of nitrogens with one attached hydrogen (secondary N) is 2. The normalized spacial score (nSPS) is 26.4. The van der Waals surface area contributed by atoms with Gasteiger partial charge in [-0.05, 0) is 19.8 Å². The summed E-state index contributed by atoms with van der Waals surface area (Å²) in [7, 11) is -3.49. The van der Waals surface area contributed by atoms with Crippen LogP contribution in [0.3, 0.4) is 0 Å². The van der Waals surface area contributed by atoms with Crippen molar-refractivity contribution in [1.82, 2.24) is 10.6 Å². The van der Waals surface area contributed by atoms with E-state index in [1.807, 2.05) is 0 Å². The van der Waals surface area contributed by atoms with Crippen molar-refractivity contribution < 1.29 is 13.2 Å². The SMILES string of the molecule is CC1CCC(C(=O)NCCS(N)(=O)=O)CN1. The Morgan fingerprint density at radius 2 is 2.19 bits per heavy atom. The lowest BCUT2D eigenvalue weighted by Crippen LogP contribution is -2.45. The third-order valence-electron chi connectivity index (χ3n) is 2.72. The van der Waals surface area contributed by atoms with Crippen LogP contribution in [0, 0.1) is 5.92 Å². The van der Waals surface area contributed by atoms with Crippen LogP contribution < -0.4 is 15.8 Å². The Bertz CT molecular complexity index is 334. The van der Waals surface area contributed by atoms with E-state index < -0.39 is 10.0 Å². The first-order valence-electron chi connectivity index (χ1n) is 5.40. The number of carbonyl (C=O) groups is 1. The van der Waals surface area contributed by atoms with Crippen LogP contribution in [0.5, 0.6) is 0 Å². The fraction of sp³-hybridized carbons (Fsp3) is 0.889.